The van der Waals surface area contributed by atoms with Crippen molar-refractivity contribution in [1.29, 1.82) is 0 Å². The molecule has 11 heteroatoms. The number of ketones is 1. The van der Waals surface area contributed by atoms with Gasteiger partial charge in [-0.15, -0.1) is 0 Å². The number of aliphatic hydroxyl groups is 3. The van der Waals surface area contributed by atoms with E-state index in [2.05, 4.69) is 35.0 Å². The molecule has 3 aromatic carbocycles. The van der Waals surface area contributed by atoms with E-state index >= 15 is 0 Å². The van der Waals surface area contributed by atoms with Crippen LogP contribution in [0.2, 0.25) is 0 Å². The van der Waals surface area contributed by atoms with Gasteiger partial charge in [0.2, 0.25) is 0 Å². The summed E-state index contributed by atoms with van der Waals surface area (Å²) in [7, 11) is 1.52. The lowest BCUT2D eigenvalue weighted by molar-refractivity contribution is -0.155. The van der Waals surface area contributed by atoms with Crippen LogP contribution in [-0.4, -0.2) is 80.9 Å². The SMILES string of the molecule is COc1cc2c(cc1O)C1=C3C=C[C@@H]4C[C@H]3[C@H]([C@@H]3CC[C@H](O)C[C@H]34)[C@@H]2CC(=O)C[C@@H]([C@H](O)Cc2ccc(O)c(OCCO)c2)OC(=O)CC#CCc2c1[nH]c1ccccc21. The summed E-state index contributed by atoms with van der Waals surface area (Å²) in [5.41, 5.74) is 7.15. The maximum atomic E-state index is 14.8. The second-order valence-electron chi connectivity index (χ2n) is 17.1. The molecule has 60 heavy (non-hydrogen) atoms. The molecule has 0 unspecified atom stereocenters. The van der Waals surface area contributed by atoms with Gasteiger partial charge in [0.1, 0.15) is 24.9 Å². The summed E-state index contributed by atoms with van der Waals surface area (Å²) >= 11 is 0. The topological polar surface area (TPSA) is 179 Å². The second-order valence-corrected chi connectivity index (χ2v) is 17.1. The van der Waals surface area contributed by atoms with Crippen LogP contribution in [0.4, 0.5) is 0 Å². The maximum absolute atomic E-state index is 14.8. The number of nitrogens with one attached hydrogen (secondary N) is 1. The highest BCUT2D eigenvalue weighted by atomic mass is 16.6. The second kappa shape index (κ2) is 16.5. The van der Waals surface area contributed by atoms with Crippen molar-refractivity contribution in [3.63, 3.8) is 0 Å². The molecule has 6 N–H and O–H groups in total. The van der Waals surface area contributed by atoms with Crippen molar-refractivity contribution in [3.05, 3.63) is 100 Å². The summed E-state index contributed by atoms with van der Waals surface area (Å²) in [5.74, 6) is 6.10. The largest absolute Gasteiger partial charge is 0.504 e. The fourth-order valence-corrected chi connectivity index (χ4v) is 11.2. The van der Waals surface area contributed by atoms with Crippen molar-refractivity contribution in [1.82, 2.24) is 4.98 Å². The Balaban J connectivity index is 1.20. The van der Waals surface area contributed by atoms with Gasteiger partial charge in [-0.2, -0.15) is 0 Å². The molecular formula is C49H51NO10. The van der Waals surface area contributed by atoms with Crippen molar-refractivity contribution in [3.8, 4) is 34.8 Å². The predicted octanol–water partition coefficient (Wildman–Crippen LogP) is 6.27. The number of phenols is 2. The first-order valence-electron chi connectivity index (χ1n) is 21.1. The summed E-state index contributed by atoms with van der Waals surface area (Å²) in [6.45, 7) is -0.287. The van der Waals surface area contributed by atoms with Gasteiger partial charge in [-0.25, -0.2) is 0 Å². The maximum Gasteiger partial charge on any atom is 0.318 e. The minimum Gasteiger partial charge on any atom is -0.504 e. The van der Waals surface area contributed by atoms with Crippen LogP contribution in [-0.2, 0) is 27.2 Å². The standard InChI is InChI=1S/C49H51NO10/c1-58-43-25-35-37-22-29(53)23-45(41(55)18-26-10-15-40(54)44(19-26)59-17-16-51)60-46(57)9-5-3-7-33-30-6-2-4-8-39(30)50-49(33)48(38(35)24-42(43)56)32-13-11-27-20-36(32)47(37)31-14-12-28(52)21-34(27)31/h2,4,6,8,10-11,13,15,19,24-25,27-28,31,34,36-37,41,45,47,50-52,54-56H,7,9,12,14,16-18,20-23H2,1H3/t27-,28+,31-,34+,36-,37-,41-,45+,47+/m1/s1. The quantitative estimate of drug-likeness (QED) is 0.0921. The number of methoxy groups -OCH3 is 1. The molecule has 5 aliphatic rings. The lowest BCUT2D eigenvalue weighted by atomic mass is 9.51. The van der Waals surface area contributed by atoms with Crippen LogP contribution >= 0.6 is 0 Å². The molecule has 4 bridgehead atoms. The number of aromatic nitrogens is 1. The number of phenolic OH excluding ortho intramolecular Hbond substituents is 2. The number of aliphatic hydroxyl groups excluding tert-OH is 3. The van der Waals surface area contributed by atoms with Gasteiger partial charge in [0.15, 0.2) is 23.0 Å². The highest BCUT2D eigenvalue weighted by molar-refractivity contribution is 5.96. The van der Waals surface area contributed by atoms with Crippen molar-refractivity contribution in [2.45, 2.75) is 82.0 Å². The molecule has 1 aliphatic heterocycles. The first-order chi connectivity index (χ1) is 29.1. The molecule has 0 saturated heterocycles. The summed E-state index contributed by atoms with van der Waals surface area (Å²) in [4.78, 5) is 32.0. The zero-order valence-corrected chi connectivity index (χ0v) is 33.6. The summed E-state index contributed by atoms with van der Waals surface area (Å²) < 4.78 is 17.2. The summed E-state index contributed by atoms with van der Waals surface area (Å²) in [5, 5.41) is 54.8. The molecule has 11 nitrogen and oxygen atoms in total. The third-order valence-electron chi connectivity index (χ3n) is 13.8. The van der Waals surface area contributed by atoms with Gasteiger partial charge in [0.05, 0.1) is 31.6 Å². The van der Waals surface area contributed by atoms with Crippen molar-refractivity contribution in [2.24, 2.45) is 29.6 Å². The van der Waals surface area contributed by atoms with E-state index in [1.54, 1.807) is 18.2 Å². The zero-order chi connectivity index (χ0) is 41.7. The van der Waals surface area contributed by atoms with E-state index in [9.17, 15) is 35.1 Å². The molecule has 0 spiro atoms. The van der Waals surface area contributed by atoms with E-state index in [4.69, 9.17) is 14.2 Å². The van der Waals surface area contributed by atoms with E-state index in [-0.39, 0.29) is 104 Å². The lowest BCUT2D eigenvalue weighted by Gasteiger charge is -2.54. The number of Topliss-reactive ketones (excluding diaryl/α,β-unsaturated/α-hetero) is 1. The number of cyclic esters (lactones) is 1. The van der Waals surface area contributed by atoms with Crippen LogP contribution in [0.5, 0.6) is 23.0 Å². The Morgan fingerprint density at radius 3 is 2.60 bits per heavy atom. The highest BCUT2D eigenvalue weighted by Gasteiger charge is 2.53. The number of aromatic amines is 1. The fraction of sp³-hybridized carbons (Fsp3) is 0.429. The number of benzene rings is 3. The molecule has 2 heterocycles. The number of esters is 1. The van der Waals surface area contributed by atoms with Crippen molar-refractivity contribution >= 4 is 28.2 Å². The number of allylic oxidation sites excluding steroid dienone is 3. The summed E-state index contributed by atoms with van der Waals surface area (Å²) in [6.07, 6.45) is 4.64. The molecule has 9 atom stereocenters. The third kappa shape index (κ3) is 7.35. The minimum absolute atomic E-state index is 0.00304. The molecule has 4 aliphatic carbocycles. The Morgan fingerprint density at radius 2 is 1.77 bits per heavy atom. The third-order valence-corrected chi connectivity index (χ3v) is 13.8. The number of rotatable bonds is 7. The Bertz CT molecular complexity index is 2450. The van der Waals surface area contributed by atoms with Gasteiger partial charge in [-0.05, 0) is 119 Å². The fourth-order valence-electron chi connectivity index (χ4n) is 11.2. The Morgan fingerprint density at radius 1 is 0.933 bits per heavy atom. The number of carbonyl (C=O) groups excluding carboxylic acids is 2. The zero-order valence-electron chi connectivity index (χ0n) is 33.6. The van der Waals surface area contributed by atoms with Gasteiger partial charge in [0, 0.05) is 42.2 Å². The van der Waals surface area contributed by atoms with E-state index in [1.165, 1.54) is 13.2 Å². The smallest absolute Gasteiger partial charge is 0.318 e. The first-order valence-corrected chi connectivity index (χ1v) is 21.1. The normalized spacial score (nSPS) is 27.8. The molecule has 2 saturated carbocycles. The first kappa shape index (κ1) is 39.9. The number of ether oxygens (including phenoxy) is 3. The lowest BCUT2D eigenvalue weighted by Crippen LogP contribution is -2.47. The monoisotopic (exact) mass is 813 g/mol. The number of para-hydroxylation sites is 1. The molecule has 4 aromatic rings. The molecule has 9 rings (SSSR count). The Labute approximate surface area is 348 Å². The Hall–Kier alpha value is -5.54. The van der Waals surface area contributed by atoms with Crippen LogP contribution in [0.3, 0.4) is 0 Å². The van der Waals surface area contributed by atoms with E-state index in [1.807, 2.05) is 24.3 Å². The average Bonchev–Trinajstić information content (AvgIpc) is 3.54. The highest BCUT2D eigenvalue weighted by Crippen LogP contribution is 2.62. The number of carbonyl (C=O) groups is 2. The molecular weight excluding hydrogens is 763 g/mol. The number of hydrogen-bond acceptors (Lipinski definition) is 10. The molecule has 0 radical (unpaired) electrons. The van der Waals surface area contributed by atoms with Crippen LogP contribution in [0, 0.1) is 41.4 Å². The van der Waals surface area contributed by atoms with Crippen molar-refractivity contribution in [2.75, 3.05) is 20.3 Å². The molecule has 2 fully saturated rings. The van der Waals surface area contributed by atoms with E-state index in [0.29, 0.717) is 30.6 Å². The number of H-pyrrole nitrogens is 1. The van der Waals surface area contributed by atoms with Gasteiger partial charge in [0.25, 0.3) is 0 Å². The molecule has 312 valence electrons. The van der Waals surface area contributed by atoms with Gasteiger partial charge in [-0.3, -0.25) is 9.59 Å². The molecule has 1 aromatic heterocycles. The Kier molecular flexibility index (Phi) is 11.0. The van der Waals surface area contributed by atoms with Crippen molar-refractivity contribution < 1.29 is 49.3 Å². The number of hydrogen-bond donors (Lipinski definition) is 6. The predicted molar refractivity (Wildman–Crippen MR) is 223 cm³/mol. The number of fused-ring (bicyclic) bond motifs is 9. The van der Waals surface area contributed by atoms with E-state index in [0.717, 1.165) is 57.3 Å². The summed E-state index contributed by atoms with van der Waals surface area (Å²) in [6, 6.07) is 16.3. The minimum atomic E-state index is -1.30. The van der Waals surface area contributed by atoms with Gasteiger partial charge < -0.3 is 44.7 Å². The van der Waals surface area contributed by atoms with Crippen LogP contribution < -0.4 is 9.47 Å². The van der Waals surface area contributed by atoms with Gasteiger partial charge in [-0.1, -0.05) is 48.3 Å². The van der Waals surface area contributed by atoms with Crippen LogP contribution in [0.1, 0.15) is 78.8 Å². The molecule has 0 amide bonds. The number of aromatic hydroxyl groups is 2. The van der Waals surface area contributed by atoms with Crippen LogP contribution in [0.25, 0.3) is 16.5 Å². The van der Waals surface area contributed by atoms with Crippen LogP contribution in [0.15, 0.2) is 72.3 Å². The average molecular weight is 814 g/mol. The van der Waals surface area contributed by atoms with E-state index < -0.39 is 18.2 Å². The van der Waals surface area contributed by atoms with Gasteiger partial charge >= 0.3 is 5.97 Å².